The molecule has 0 spiro atoms. The maximum atomic E-state index is 13.4. The van der Waals surface area contributed by atoms with E-state index >= 15 is 0 Å². The highest BCUT2D eigenvalue weighted by molar-refractivity contribution is 5.36. The van der Waals surface area contributed by atoms with E-state index in [9.17, 15) is 4.39 Å². The molecule has 0 saturated carbocycles. The van der Waals surface area contributed by atoms with Crippen LogP contribution in [0.15, 0.2) is 18.2 Å². The molecule has 1 unspecified atom stereocenters. The highest BCUT2D eigenvalue weighted by Crippen LogP contribution is 2.26. The minimum atomic E-state index is -0.239. The summed E-state index contributed by atoms with van der Waals surface area (Å²) in [4.78, 5) is 0. The Kier molecular flexibility index (Phi) is 7.45. The van der Waals surface area contributed by atoms with Gasteiger partial charge in [0.2, 0.25) is 0 Å². The summed E-state index contributed by atoms with van der Waals surface area (Å²) in [7, 11) is 0. The second kappa shape index (κ2) is 8.88. The summed E-state index contributed by atoms with van der Waals surface area (Å²) in [5.74, 6) is 0.481. The average molecular weight is 269 g/mol. The van der Waals surface area contributed by atoms with Crippen molar-refractivity contribution in [1.82, 2.24) is 5.32 Å². The van der Waals surface area contributed by atoms with E-state index in [2.05, 4.69) is 12.2 Å². The summed E-state index contributed by atoms with van der Waals surface area (Å²) in [5, 5.41) is 3.34. The van der Waals surface area contributed by atoms with Gasteiger partial charge in [-0.3, -0.25) is 0 Å². The molecule has 0 aliphatic carbocycles. The van der Waals surface area contributed by atoms with Crippen molar-refractivity contribution >= 4 is 0 Å². The molecule has 0 aromatic heterocycles. The molecule has 3 nitrogen and oxygen atoms in total. The Bertz CT molecular complexity index is 371. The van der Waals surface area contributed by atoms with Crippen LogP contribution in [0, 0.1) is 5.82 Å². The first-order valence-electron chi connectivity index (χ1n) is 6.92. The zero-order valence-electron chi connectivity index (χ0n) is 12.0. The van der Waals surface area contributed by atoms with Crippen LogP contribution in [-0.2, 0) is 4.74 Å². The SMILES string of the molecule is CCCNC(C)c1cc(F)ccc1OCCOCC. The van der Waals surface area contributed by atoms with E-state index in [0.717, 1.165) is 24.3 Å². The summed E-state index contributed by atoms with van der Waals surface area (Å²) in [6.45, 7) is 8.66. The molecule has 0 bridgehead atoms. The van der Waals surface area contributed by atoms with E-state index in [0.29, 0.717) is 19.8 Å². The first-order valence-corrected chi connectivity index (χ1v) is 6.92. The van der Waals surface area contributed by atoms with Crippen LogP contribution < -0.4 is 10.1 Å². The normalized spacial score (nSPS) is 12.4. The van der Waals surface area contributed by atoms with Crippen molar-refractivity contribution in [2.45, 2.75) is 33.2 Å². The first-order chi connectivity index (χ1) is 9.19. The molecule has 1 rings (SSSR count). The molecule has 0 aliphatic rings. The zero-order chi connectivity index (χ0) is 14.1. The summed E-state index contributed by atoms with van der Waals surface area (Å²) < 4.78 is 24.3. The number of rotatable bonds is 9. The van der Waals surface area contributed by atoms with Gasteiger partial charge in [0.1, 0.15) is 18.2 Å². The lowest BCUT2D eigenvalue weighted by Gasteiger charge is -2.18. The second-order valence-corrected chi connectivity index (χ2v) is 4.40. The van der Waals surface area contributed by atoms with Crippen molar-refractivity contribution in [3.63, 3.8) is 0 Å². The fourth-order valence-electron chi connectivity index (χ4n) is 1.81. The first kappa shape index (κ1) is 15.9. The molecule has 19 heavy (non-hydrogen) atoms. The molecule has 0 aliphatic heterocycles. The Labute approximate surface area is 115 Å². The molecule has 1 aromatic rings. The number of hydrogen-bond donors (Lipinski definition) is 1. The lowest BCUT2D eigenvalue weighted by Crippen LogP contribution is -2.20. The van der Waals surface area contributed by atoms with E-state index < -0.39 is 0 Å². The minimum absolute atomic E-state index is 0.0674. The van der Waals surface area contributed by atoms with Gasteiger partial charge in [-0.25, -0.2) is 4.39 Å². The van der Waals surface area contributed by atoms with E-state index in [1.165, 1.54) is 12.1 Å². The van der Waals surface area contributed by atoms with E-state index in [4.69, 9.17) is 9.47 Å². The summed E-state index contributed by atoms with van der Waals surface area (Å²) in [6, 6.07) is 4.70. The average Bonchev–Trinajstić information content (AvgIpc) is 2.42. The van der Waals surface area contributed by atoms with Gasteiger partial charge >= 0.3 is 0 Å². The van der Waals surface area contributed by atoms with Gasteiger partial charge in [-0.1, -0.05) is 6.92 Å². The van der Waals surface area contributed by atoms with Crippen molar-refractivity contribution in [3.05, 3.63) is 29.6 Å². The molecule has 1 atom stereocenters. The Hall–Kier alpha value is -1.13. The largest absolute Gasteiger partial charge is 0.491 e. The molecule has 4 heteroatoms. The Balaban J connectivity index is 2.67. The van der Waals surface area contributed by atoms with Crippen molar-refractivity contribution in [2.24, 2.45) is 0 Å². The molecule has 0 fully saturated rings. The van der Waals surface area contributed by atoms with Crippen LogP contribution in [0.2, 0.25) is 0 Å². The third kappa shape index (κ3) is 5.57. The monoisotopic (exact) mass is 269 g/mol. The van der Waals surface area contributed by atoms with Gasteiger partial charge < -0.3 is 14.8 Å². The smallest absolute Gasteiger partial charge is 0.124 e. The van der Waals surface area contributed by atoms with Crippen molar-refractivity contribution < 1.29 is 13.9 Å². The molecule has 0 saturated heterocycles. The van der Waals surface area contributed by atoms with Gasteiger partial charge in [0.05, 0.1) is 6.61 Å². The van der Waals surface area contributed by atoms with E-state index in [1.807, 2.05) is 13.8 Å². The van der Waals surface area contributed by atoms with Crippen LogP contribution in [0.1, 0.15) is 38.8 Å². The molecule has 0 amide bonds. The zero-order valence-corrected chi connectivity index (χ0v) is 12.0. The quantitative estimate of drug-likeness (QED) is 0.698. The van der Waals surface area contributed by atoms with Gasteiger partial charge in [0.25, 0.3) is 0 Å². The number of ether oxygens (including phenoxy) is 2. The van der Waals surface area contributed by atoms with Crippen LogP contribution >= 0.6 is 0 Å². The molecule has 0 heterocycles. The standard InChI is InChI=1S/C15H24FNO2/c1-4-8-17-12(3)14-11-13(16)6-7-15(14)19-10-9-18-5-2/h6-7,11-12,17H,4-5,8-10H2,1-3H3. The van der Waals surface area contributed by atoms with Gasteiger partial charge in [-0.15, -0.1) is 0 Å². The molecule has 108 valence electrons. The summed E-state index contributed by atoms with van der Waals surface area (Å²) >= 11 is 0. The number of halogens is 1. The molecular weight excluding hydrogens is 245 g/mol. The Morgan fingerprint density at radius 3 is 2.74 bits per heavy atom. The van der Waals surface area contributed by atoms with E-state index in [1.54, 1.807) is 6.07 Å². The van der Waals surface area contributed by atoms with Gasteiger partial charge in [0, 0.05) is 18.2 Å². The third-order valence-electron chi connectivity index (χ3n) is 2.83. The van der Waals surface area contributed by atoms with Gasteiger partial charge in [0.15, 0.2) is 0 Å². The number of hydrogen-bond acceptors (Lipinski definition) is 3. The van der Waals surface area contributed by atoms with Crippen LogP contribution in [0.3, 0.4) is 0 Å². The van der Waals surface area contributed by atoms with Crippen LogP contribution in [-0.4, -0.2) is 26.4 Å². The summed E-state index contributed by atoms with van der Waals surface area (Å²) in [5.41, 5.74) is 0.852. The predicted octanol–water partition coefficient (Wildman–Crippen LogP) is 3.30. The highest BCUT2D eigenvalue weighted by Gasteiger charge is 2.12. The predicted molar refractivity (Wildman–Crippen MR) is 75.1 cm³/mol. The second-order valence-electron chi connectivity index (χ2n) is 4.40. The minimum Gasteiger partial charge on any atom is -0.491 e. The topological polar surface area (TPSA) is 30.5 Å². The van der Waals surface area contributed by atoms with Crippen molar-refractivity contribution in [3.8, 4) is 5.75 Å². The van der Waals surface area contributed by atoms with Crippen LogP contribution in [0.5, 0.6) is 5.75 Å². The van der Waals surface area contributed by atoms with Crippen molar-refractivity contribution in [1.29, 1.82) is 0 Å². The number of benzene rings is 1. The summed E-state index contributed by atoms with van der Waals surface area (Å²) in [6.07, 6.45) is 1.04. The molecule has 1 N–H and O–H groups in total. The molecular formula is C15H24FNO2. The third-order valence-corrected chi connectivity index (χ3v) is 2.83. The fraction of sp³-hybridized carbons (Fsp3) is 0.600. The highest BCUT2D eigenvalue weighted by atomic mass is 19.1. The molecule has 0 radical (unpaired) electrons. The van der Waals surface area contributed by atoms with Crippen LogP contribution in [0.25, 0.3) is 0 Å². The lowest BCUT2D eigenvalue weighted by atomic mass is 10.1. The van der Waals surface area contributed by atoms with Gasteiger partial charge in [-0.2, -0.15) is 0 Å². The maximum Gasteiger partial charge on any atom is 0.124 e. The van der Waals surface area contributed by atoms with Gasteiger partial charge in [-0.05, 0) is 45.0 Å². The Morgan fingerprint density at radius 2 is 2.05 bits per heavy atom. The lowest BCUT2D eigenvalue weighted by molar-refractivity contribution is 0.109. The van der Waals surface area contributed by atoms with Crippen LogP contribution in [0.4, 0.5) is 4.39 Å². The van der Waals surface area contributed by atoms with E-state index in [-0.39, 0.29) is 11.9 Å². The maximum absolute atomic E-state index is 13.4. The molecule has 1 aromatic carbocycles. The van der Waals surface area contributed by atoms with Crippen molar-refractivity contribution in [2.75, 3.05) is 26.4 Å². The number of nitrogens with one attached hydrogen (secondary N) is 1. The Morgan fingerprint density at radius 1 is 1.26 bits per heavy atom. The fourth-order valence-corrected chi connectivity index (χ4v) is 1.81.